The molecule has 0 spiro atoms. The highest BCUT2D eigenvalue weighted by atomic mass is 19.1. The van der Waals surface area contributed by atoms with E-state index in [4.69, 9.17) is 0 Å². The van der Waals surface area contributed by atoms with E-state index in [1.54, 1.807) is 12.1 Å². The Morgan fingerprint density at radius 1 is 0.850 bits per heavy atom. The first-order valence-corrected chi connectivity index (χ1v) is 6.39. The van der Waals surface area contributed by atoms with Crippen molar-refractivity contribution in [2.75, 3.05) is 0 Å². The number of benzene rings is 2. The summed E-state index contributed by atoms with van der Waals surface area (Å²) in [6, 6.07) is 9.94. The van der Waals surface area contributed by atoms with Gasteiger partial charge in [0.1, 0.15) is 11.6 Å². The van der Waals surface area contributed by atoms with Crippen molar-refractivity contribution in [1.29, 1.82) is 0 Å². The first-order valence-electron chi connectivity index (χ1n) is 6.39. The molecule has 2 aromatic carbocycles. The fourth-order valence-electron chi connectivity index (χ4n) is 1.97. The van der Waals surface area contributed by atoms with Gasteiger partial charge in [0.05, 0.1) is 0 Å². The molecule has 0 aliphatic heterocycles. The second-order valence-electron chi connectivity index (χ2n) is 5.81. The Balaban J connectivity index is 2.34. The fraction of sp³-hybridized carbons (Fsp3) is 0.235. The normalized spacial score (nSPS) is 11.4. The largest absolute Gasteiger partial charge is 0.289 e. The molecule has 0 saturated carbocycles. The standard InChI is InChI=1S/C17H16F2O/c1-17(2,3)13-6-4-11(5-7-13)16(20)12-8-14(18)10-15(19)9-12/h4-10H,1-3H3. The highest BCUT2D eigenvalue weighted by Crippen LogP contribution is 2.23. The molecule has 3 heteroatoms. The van der Waals surface area contributed by atoms with Crippen LogP contribution in [-0.4, -0.2) is 5.78 Å². The smallest absolute Gasteiger partial charge is 0.193 e. The fourth-order valence-corrected chi connectivity index (χ4v) is 1.97. The van der Waals surface area contributed by atoms with E-state index in [1.165, 1.54) is 0 Å². The predicted molar refractivity (Wildman–Crippen MR) is 74.9 cm³/mol. The van der Waals surface area contributed by atoms with Crippen LogP contribution in [0.5, 0.6) is 0 Å². The first kappa shape index (κ1) is 14.4. The Bertz CT molecular complexity index is 617. The summed E-state index contributed by atoms with van der Waals surface area (Å²) in [7, 11) is 0. The van der Waals surface area contributed by atoms with E-state index in [0.29, 0.717) is 5.56 Å². The van der Waals surface area contributed by atoms with Crippen molar-refractivity contribution in [3.05, 3.63) is 70.8 Å². The van der Waals surface area contributed by atoms with Gasteiger partial charge in [-0.2, -0.15) is 0 Å². The van der Waals surface area contributed by atoms with Gasteiger partial charge in [-0.1, -0.05) is 45.0 Å². The van der Waals surface area contributed by atoms with Crippen molar-refractivity contribution in [2.24, 2.45) is 0 Å². The molecule has 0 aliphatic carbocycles. The average molecular weight is 274 g/mol. The van der Waals surface area contributed by atoms with Gasteiger partial charge >= 0.3 is 0 Å². The minimum absolute atomic E-state index is 0.00740. The summed E-state index contributed by atoms with van der Waals surface area (Å²) in [4.78, 5) is 12.2. The van der Waals surface area contributed by atoms with Gasteiger partial charge in [0.2, 0.25) is 0 Å². The molecule has 0 aromatic heterocycles. The third kappa shape index (κ3) is 3.10. The lowest BCUT2D eigenvalue weighted by Crippen LogP contribution is -2.11. The first-order chi connectivity index (χ1) is 9.27. The van der Waals surface area contributed by atoms with E-state index >= 15 is 0 Å². The Morgan fingerprint density at radius 2 is 1.35 bits per heavy atom. The predicted octanol–water partition coefficient (Wildman–Crippen LogP) is 4.49. The Labute approximate surface area is 117 Å². The molecule has 0 heterocycles. The number of carbonyl (C=O) groups excluding carboxylic acids is 1. The van der Waals surface area contributed by atoms with Crippen LogP contribution in [0.15, 0.2) is 42.5 Å². The molecule has 0 N–H and O–H groups in total. The van der Waals surface area contributed by atoms with Crippen LogP contribution in [0, 0.1) is 11.6 Å². The van der Waals surface area contributed by atoms with Crippen molar-refractivity contribution >= 4 is 5.78 Å². The van der Waals surface area contributed by atoms with Crippen molar-refractivity contribution in [2.45, 2.75) is 26.2 Å². The van der Waals surface area contributed by atoms with Gasteiger partial charge in [0, 0.05) is 17.2 Å². The molecule has 0 aliphatic rings. The van der Waals surface area contributed by atoms with Crippen LogP contribution >= 0.6 is 0 Å². The van der Waals surface area contributed by atoms with Gasteiger partial charge in [0.25, 0.3) is 0 Å². The van der Waals surface area contributed by atoms with Crippen LogP contribution in [0.4, 0.5) is 8.78 Å². The molecule has 2 rings (SSSR count). The van der Waals surface area contributed by atoms with Gasteiger partial charge in [-0.25, -0.2) is 8.78 Å². The molecule has 0 fully saturated rings. The zero-order chi connectivity index (χ0) is 14.9. The summed E-state index contributed by atoms with van der Waals surface area (Å²) in [6.07, 6.45) is 0. The second kappa shape index (κ2) is 5.16. The number of halogens is 2. The number of hydrogen-bond donors (Lipinski definition) is 0. The Kier molecular flexibility index (Phi) is 3.71. The lowest BCUT2D eigenvalue weighted by Gasteiger charge is -2.19. The van der Waals surface area contributed by atoms with E-state index < -0.39 is 11.6 Å². The third-order valence-electron chi connectivity index (χ3n) is 3.14. The SMILES string of the molecule is CC(C)(C)c1ccc(C(=O)c2cc(F)cc(F)c2)cc1. The Hall–Kier alpha value is -2.03. The maximum atomic E-state index is 13.1. The summed E-state index contributed by atoms with van der Waals surface area (Å²) in [5, 5.41) is 0. The molecule has 0 saturated heterocycles. The maximum Gasteiger partial charge on any atom is 0.193 e. The molecule has 2 aromatic rings. The average Bonchev–Trinajstić information content (AvgIpc) is 2.36. The molecular weight excluding hydrogens is 258 g/mol. The van der Waals surface area contributed by atoms with E-state index in [1.807, 2.05) is 12.1 Å². The van der Waals surface area contributed by atoms with Gasteiger partial charge in [0.15, 0.2) is 5.78 Å². The monoisotopic (exact) mass is 274 g/mol. The summed E-state index contributed by atoms with van der Waals surface area (Å²) in [5.41, 5.74) is 1.53. The Morgan fingerprint density at radius 3 is 1.80 bits per heavy atom. The number of ketones is 1. The molecule has 1 nitrogen and oxygen atoms in total. The third-order valence-corrected chi connectivity index (χ3v) is 3.14. The van der Waals surface area contributed by atoms with Crippen molar-refractivity contribution < 1.29 is 13.6 Å². The van der Waals surface area contributed by atoms with Gasteiger partial charge < -0.3 is 0 Å². The van der Waals surface area contributed by atoms with Crippen molar-refractivity contribution in [1.82, 2.24) is 0 Å². The summed E-state index contributed by atoms with van der Waals surface area (Å²) in [6.45, 7) is 6.23. The minimum Gasteiger partial charge on any atom is -0.289 e. The zero-order valence-corrected chi connectivity index (χ0v) is 11.7. The maximum absolute atomic E-state index is 13.1. The van der Waals surface area contributed by atoms with Gasteiger partial charge in [-0.15, -0.1) is 0 Å². The number of hydrogen-bond acceptors (Lipinski definition) is 1. The van der Waals surface area contributed by atoms with E-state index in [9.17, 15) is 13.6 Å². The molecule has 0 unspecified atom stereocenters. The highest BCUT2D eigenvalue weighted by Gasteiger charge is 2.15. The summed E-state index contributed by atoms with van der Waals surface area (Å²) < 4.78 is 26.3. The summed E-state index contributed by atoms with van der Waals surface area (Å²) in [5.74, 6) is -1.89. The second-order valence-corrected chi connectivity index (χ2v) is 5.81. The molecule has 104 valence electrons. The van der Waals surface area contributed by atoms with Gasteiger partial charge in [-0.05, 0) is 23.1 Å². The quantitative estimate of drug-likeness (QED) is 0.737. The van der Waals surface area contributed by atoms with Crippen molar-refractivity contribution in [3.8, 4) is 0 Å². The molecule has 20 heavy (non-hydrogen) atoms. The minimum atomic E-state index is -0.750. The number of rotatable bonds is 2. The summed E-state index contributed by atoms with van der Waals surface area (Å²) >= 11 is 0. The zero-order valence-electron chi connectivity index (χ0n) is 11.7. The topological polar surface area (TPSA) is 17.1 Å². The van der Waals surface area contributed by atoms with Crippen LogP contribution in [0.25, 0.3) is 0 Å². The van der Waals surface area contributed by atoms with Crippen LogP contribution in [0.2, 0.25) is 0 Å². The number of carbonyl (C=O) groups is 1. The lowest BCUT2D eigenvalue weighted by atomic mass is 9.86. The molecular formula is C17H16F2O. The van der Waals surface area contributed by atoms with Crippen LogP contribution in [0.1, 0.15) is 42.3 Å². The molecule has 0 amide bonds. The van der Waals surface area contributed by atoms with E-state index in [-0.39, 0.29) is 16.8 Å². The van der Waals surface area contributed by atoms with Gasteiger partial charge in [-0.3, -0.25) is 4.79 Å². The van der Waals surface area contributed by atoms with Crippen LogP contribution in [0.3, 0.4) is 0 Å². The molecule has 0 radical (unpaired) electrons. The van der Waals surface area contributed by atoms with E-state index in [0.717, 1.165) is 23.8 Å². The van der Waals surface area contributed by atoms with E-state index in [2.05, 4.69) is 20.8 Å². The van der Waals surface area contributed by atoms with Crippen LogP contribution in [-0.2, 0) is 5.41 Å². The van der Waals surface area contributed by atoms with Crippen molar-refractivity contribution in [3.63, 3.8) is 0 Å². The lowest BCUT2D eigenvalue weighted by molar-refractivity contribution is 0.103. The highest BCUT2D eigenvalue weighted by molar-refractivity contribution is 6.09. The van der Waals surface area contributed by atoms with Crippen LogP contribution < -0.4 is 0 Å². The molecule has 0 atom stereocenters. The molecule has 0 bridgehead atoms.